The third-order valence-electron chi connectivity index (χ3n) is 10.1. The van der Waals surface area contributed by atoms with E-state index in [0.717, 1.165) is 29.5 Å². The molecule has 0 amide bonds. The van der Waals surface area contributed by atoms with Crippen LogP contribution in [0.15, 0.2) is 191 Å². The van der Waals surface area contributed by atoms with Gasteiger partial charge in [0, 0.05) is 43.1 Å². The van der Waals surface area contributed by atoms with Gasteiger partial charge < -0.3 is 18.0 Å². The number of rotatable bonds is 13. The summed E-state index contributed by atoms with van der Waals surface area (Å²) < 4.78 is 46.1. The fourth-order valence-corrected chi connectivity index (χ4v) is 13.4. The molecule has 0 spiro atoms. The third-order valence-corrected chi connectivity index (χ3v) is 16.5. The molecule has 0 N–H and O–H groups in total. The molecule has 0 fully saturated rings. The van der Waals surface area contributed by atoms with Crippen molar-refractivity contribution in [3.8, 4) is 22.6 Å². The smallest absolute Gasteiger partial charge is 0.175 e. The van der Waals surface area contributed by atoms with E-state index in [4.69, 9.17) is 8.83 Å². The average molecular weight is 759 g/mol. The Kier molecular flexibility index (Phi) is 10.7. The van der Waals surface area contributed by atoms with Gasteiger partial charge in [0.15, 0.2) is 14.3 Å². The Morgan fingerprint density at radius 3 is 1.51 bits per heavy atom. The van der Waals surface area contributed by atoms with Crippen molar-refractivity contribution in [2.45, 2.75) is 33.6 Å². The molecule has 0 saturated carbocycles. The van der Waals surface area contributed by atoms with Crippen molar-refractivity contribution in [3.05, 3.63) is 193 Å². The predicted octanol–water partition coefficient (Wildman–Crippen LogP) is 12.7. The van der Waals surface area contributed by atoms with Crippen LogP contribution in [0.3, 0.4) is 0 Å². The van der Waals surface area contributed by atoms with Gasteiger partial charge in [-0.1, -0.05) is 178 Å². The van der Waals surface area contributed by atoms with E-state index in [1.165, 1.54) is 5.56 Å². The summed E-state index contributed by atoms with van der Waals surface area (Å²) in [7, 11) is -7.26. The van der Waals surface area contributed by atoms with Gasteiger partial charge >= 0.3 is 0 Å². The molecule has 274 valence electrons. The quantitative estimate of drug-likeness (QED) is 0.0868. The van der Waals surface area contributed by atoms with E-state index >= 15 is 9.13 Å². The van der Waals surface area contributed by atoms with Gasteiger partial charge in [0.1, 0.15) is 22.7 Å². The maximum absolute atomic E-state index is 16.2. The summed E-state index contributed by atoms with van der Waals surface area (Å²) in [5.41, 5.74) is 4.86. The summed E-state index contributed by atoms with van der Waals surface area (Å²) in [6.07, 6.45) is 10.6. The first-order chi connectivity index (χ1) is 26.7. The molecule has 6 heteroatoms. The number of hydrogen-bond donors (Lipinski definition) is 0. The van der Waals surface area contributed by atoms with Crippen LogP contribution in [0.25, 0.3) is 44.6 Å². The fraction of sp³-hybridized carbons (Fsp3) is 0.102. The van der Waals surface area contributed by atoms with Crippen molar-refractivity contribution < 1.29 is 18.0 Å². The van der Waals surface area contributed by atoms with Crippen molar-refractivity contribution in [2.75, 3.05) is 0 Å². The number of furan rings is 2. The van der Waals surface area contributed by atoms with Crippen LogP contribution in [0, 0.1) is 6.92 Å². The van der Waals surface area contributed by atoms with Gasteiger partial charge in [0.2, 0.25) is 0 Å². The molecule has 2 aromatic heterocycles. The van der Waals surface area contributed by atoms with Crippen LogP contribution in [0.2, 0.25) is 0 Å². The zero-order chi connectivity index (χ0) is 38.7. The molecule has 0 bridgehead atoms. The molecule has 7 aromatic rings. The first-order valence-corrected chi connectivity index (χ1v) is 21.9. The standard InChI is InChI=1S/C49H44O4P2/c1-7-18-35-26-30-37(31-27-35)47-48(54(50,38(9-3)10-4)40-20-14-12-15-21-40)42-32-45-43(33-44(42)53-47)49(46(52-45)36-28-24-34(6)25-29-36)55(51,39(11-5)19-8-2)41-22-16-13-17-23-41/h8-17,19-33H,2-3,5,7,18H2,1,4,6H3/b38-10+,39-19+. The molecule has 0 saturated heterocycles. The zero-order valence-corrected chi connectivity index (χ0v) is 33.3. The van der Waals surface area contributed by atoms with Crippen LogP contribution < -0.4 is 21.2 Å². The second kappa shape index (κ2) is 15.6. The lowest BCUT2D eigenvalue weighted by molar-refractivity contribution is 0.589. The minimum atomic E-state index is -3.66. The van der Waals surface area contributed by atoms with E-state index in [2.05, 4.69) is 38.8 Å². The number of allylic oxidation sites excluding steroid dienone is 7. The highest BCUT2D eigenvalue weighted by Gasteiger charge is 2.40. The molecule has 55 heavy (non-hydrogen) atoms. The first kappa shape index (κ1) is 37.6. The Bertz CT molecular complexity index is 2710. The highest BCUT2D eigenvalue weighted by atomic mass is 31.2. The lowest BCUT2D eigenvalue weighted by Gasteiger charge is -2.21. The van der Waals surface area contributed by atoms with Gasteiger partial charge in [-0.25, -0.2) is 0 Å². The number of fused-ring (bicyclic) bond motifs is 2. The molecule has 0 aliphatic carbocycles. The monoisotopic (exact) mass is 758 g/mol. The Labute approximate surface area is 323 Å². The van der Waals surface area contributed by atoms with Crippen molar-refractivity contribution in [3.63, 3.8) is 0 Å². The predicted molar refractivity (Wildman–Crippen MR) is 235 cm³/mol. The molecule has 4 nitrogen and oxygen atoms in total. The molecular weight excluding hydrogens is 714 g/mol. The van der Waals surface area contributed by atoms with Crippen LogP contribution in [0.4, 0.5) is 0 Å². The summed E-state index contributed by atoms with van der Waals surface area (Å²) in [6.45, 7) is 18.2. The summed E-state index contributed by atoms with van der Waals surface area (Å²) in [5.74, 6) is 0.982. The second-order valence-corrected chi connectivity index (χ2v) is 19.0. The SMILES string of the molecule is C=C/C=C(\C=C)P(=O)(c1ccccc1)c1c(-c2ccc(C)cc2)oc2cc3c(P(=O)(/C(C=C)=C/C)c4ccccc4)c(-c4ccc(CCC)cc4)oc3cc12. The largest absolute Gasteiger partial charge is 0.455 e. The van der Waals surface area contributed by atoms with Gasteiger partial charge in [-0.3, -0.25) is 0 Å². The summed E-state index contributed by atoms with van der Waals surface area (Å²) in [6, 6.07) is 39.1. The van der Waals surface area contributed by atoms with Gasteiger partial charge in [-0.05, 0) is 38.0 Å². The average Bonchev–Trinajstić information content (AvgIpc) is 3.79. The maximum Gasteiger partial charge on any atom is 0.175 e. The van der Waals surface area contributed by atoms with E-state index in [1.807, 2.05) is 129 Å². The highest BCUT2D eigenvalue weighted by Crippen LogP contribution is 2.59. The molecule has 2 unspecified atom stereocenters. The minimum Gasteiger partial charge on any atom is -0.455 e. The molecule has 2 atom stereocenters. The minimum absolute atomic E-state index is 0.478. The Morgan fingerprint density at radius 1 is 0.636 bits per heavy atom. The van der Waals surface area contributed by atoms with Crippen molar-refractivity contribution in [1.82, 2.24) is 0 Å². The van der Waals surface area contributed by atoms with Crippen LogP contribution in [0.5, 0.6) is 0 Å². The van der Waals surface area contributed by atoms with E-state index < -0.39 is 14.3 Å². The molecule has 0 aliphatic heterocycles. The lowest BCUT2D eigenvalue weighted by atomic mass is 10.1. The fourth-order valence-electron chi connectivity index (χ4n) is 7.43. The second-order valence-electron chi connectivity index (χ2n) is 13.6. The molecular formula is C49H44O4P2. The van der Waals surface area contributed by atoms with Gasteiger partial charge in [0.05, 0.1) is 10.6 Å². The molecule has 5 aromatic carbocycles. The van der Waals surface area contributed by atoms with Crippen LogP contribution in [-0.2, 0) is 15.6 Å². The first-order valence-electron chi connectivity index (χ1n) is 18.5. The number of hydrogen-bond acceptors (Lipinski definition) is 4. The normalized spacial score (nSPS) is 14.4. The molecule has 7 rings (SSSR count). The lowest BCUT2D eigenvalue weighted by Crippen LogP contribution is -2.19. The zero-order valence-electron chi connectivity index (χ0n) is 31.5. The van der Waals surface area contributed by atoms with Crippen molar-refractivity contribution in [2.24, 2.45) is 0 Å². The van der Waals surface area contributed by atoms with E-state index in [1.54, 1.807) is 24.3 Å². The molecule has 2 heterocycles. The maximum atomic E-state index is 16.2. The highest BCUT2D eigenvalue weighted by molar-refractivity contribution is 7.83. The number of benzene rings is 5. The van der Waals surface area contributed by atoms with Crippen LogP contribution in [0.1, 0.15) is 31.4 Å². The number of aryl methyl sites for hydroxylation is 2. The molecule has 0 aliphatic rings. The molecule has 0 radical (unpaired) electrons. The topological polar surface area (TPSA) is 60.4 Å². The Balaban J connectivity index is 1.65. The van der Waals surface area contributed by atoms with Crippen LogP contribution >= 0.6 is 14.3 Å². The van der Waals surface area contributed by atoms with E-state index in [-0.39, 0.29) is 0 Å². The third kappa shape index (κ3) is 6.50. The summed E-state index contributed by atoms with van der Waals surface area (Å²) in [5, 5.41) is 4.78. The van der Waals surface area contributed by atoms with Gasteiger partial charge in [-0.2, -0.15) is 0 Å². The van der Waals surface area contributed by atoms with Crippen molar-refractivity contribution in [1.29, 1.82) is 0 Å². The van der Waals surface area contributed by atoms with E-state index in [9.17, 15) is 0 Å². The Morgan fingerprint density at radius 2 is 1.09 bits per heavy atom. The van der Waals surface area contributed by atoms with Gasteiger partial charge in [-0.15, -0.1) is 0 Å². The van der Waals surface area contributed by atoms with Crippen molar-refractivity contribution >= 4 is 57.4 Å². The van der Waals surface area contributed by atoms with E-state index in [0.29, 0.717) is 65.3 Å². The summed E-state index contributed by atoms with van der Waals surface area (Å²) >= 11 is 0. The Hall–Kier alpha value is -5.66. The summed E-state index contributed by atoms with van der Waals surface area (Å²) in [4.78, 5) is 0. The van der Waals surface area contributed by atoms with Gasteiger partial charge in [0.25, 0.3) is 0 Å². The van der Waals surface area contributed by atoms with Crippen LogP contribution in [-0.4, -0.2) is 0 Å².